The quantitative estimate of drug-likeness (QED) is 0.571. The molecule has 0 bridgehead atoms. The molecule has 1 aliphatic heterocycles. The highest BCUT2D eigenvalue weighted by Gasteiger charge is 2.75. The summed E-state index contributed by atoms with van der Waals surface area (Å²) in [6, 6.07) is 3.31. The molecule has 1 aliphatic carbocycles. The van der Waals surface area contributed by atoms with Gasteiger partial charge in [-0.2, -0.15) is 0 Å². The van der Waals surface area contributed by atoms with Gasteiger partial charge in [0.05, 0.1) is 6.61 Å². The number of nitrogens with zero attached hydrogens (tertiary/aromatic N) is 2. The molecule has 26 heavy (non-hydrogen) atoms. The van der Waals surface area contributed by atoms with Crippen LogP contribution in [0.3, 0.4) is 0 Å². The van der Waals surface area contributed by atoms with Gasteiger partial charge in [0.25, 0.3) is 0 Å². The largest absolute Gasteiger partial charge is 0.465 e. The van der Waals surface area contributed by atoms with Gasteiger partial charge >= 0.3 is 12.1 Å². The van der Waals surface area contributed by atoms with Crippen molar-refractivity contribution in [3.05, 3.63) is 28.0 Å². The molecule has 2 fully saturated rings. The molecular formula is C18H22Cl2N2O4. The fraction of sp³-hybridized carbons (Fsp3) is 0.611. The van der Waals surface area contributed by atoms with Crippen LogP contribution in [0.4, 0.5) is 4.79 Å². The number of esters is 1. The smallest absolute Gasteiger partial charge is 0.410 e. The molecule has 0 unspecified atom stereocenters. The van der Waals surface area contributed by atoms with Crippen molar-refractivity contribution in [2.24, 2.45) is 11.8 Å². The van der Waals surface area contributed by atoms with Gasteiger partial charge in [-0.15, -0.1) is 0 Å². The highest BCUT2D eigenvalue weighted by atomic mass is 35.5. The van der Waals surface area contributed by atoms with Crippen LogP contribution in [0, 0.1) is 11.8 Å². The molecule has 6 nitrogen and oxygen atoms in total. The molecule has 1 amide bonds. The fourth-order valence-corrected chi connectivity index (χ4v) is 4.37. The Kier molecular flexibility index (Phi) is 4.86. The summed E-state index contributed by atoms with van der Waals surface area (Å²) in [6.07, 6.45) is -0.367. The molecule has 0 radical (unpaired) electrons. The number of amides is 1. The van der Waals surface area contributed by atoms with Crippen LogP contribution in [-0.4, -0.2) is 47.2 Å². The summed E-state index contributed by atoms with van der Waals surface area (Å²) in [5.74, 6) is -0.413. The summed E-state index contributed by atoms with van der Waals surface area (Å²) < 4.78 is 10.8. The van der Waals surface area contributed by atoms with Crippen LogP contribution in [-0.2, 0) is 19.7 Å². The van der Waals surface area contributed by atoms with E-state index in [9.17, 15) is 9.59 Å². The maximum Gasteiger partial charge on any atom is 0.410 e. The zero-order valence-corrected chi connectivity index (χ0v) is 16.7. The number of likely N-dealkylation sites (tertiary alicyclic amines) is 1. The minimum Gasteiger partial charge on any atom is -0.465 e. The van der Waals surface area contributed by atoms with Crippen molar-refractivity contribution in [3.63, 3.8) is 0 Å². The van der Waals surface area contributed by atoms with E-state index in [1.54, 1.807) is 24.0 Å². The first-order chi connectivity index (χ1) is 12.1. The average molecular weight is 401 g/mol. The number of carbonyl (C=O) groups excluding carboxylic acids is 2. The maximum absolute atomic E-state index is 12.8. The fourth-order valence-electron chi connectivity index (χ4n) is 3.91. The first-order valence-corrected chi connectivity index (χ1v) is 9.34. The van der Waals surface area contributed by atoms with Gasteiger partial charge in [-0.05, 0) is 45.4 Å². The first kappa shape index (κ1) is 19.2. The van der Waals surface area contributed by atoms with E-state index in [1.165, 1.54) is 0 Å². The molecule has 1 aromatic heterocycles. The Labute approximate surface area is 162 Å². The van der Waals surface area contributed by atoms with E-state index in [-0.39, 0.29) is 40.8 Å². The normalized spacial score (nSPS) is 27.1. The van der Waals surface area contributed by atoms with Gasteiger partial charge in [0.1, 0.15) is 21.3 Å². The lowest BCUT2D eigenvalue weighted by molar-refractivity contribution is -0.147. The van der Waals surface area contributed by atoms with E-state index in [0.717, 1.165) is 0 Å². The molecule has 0 aromatic carbocycles. The predicted molar refractivity (Wildman–Crippen MR) is 97.4 cm³/mol. The monoisotopic (exact) mass is 400 g/mol. The second-order valence-corrected chi connectivity index (χ2v) is 8.46. The minimum atomic E-state index is -0.829. The zero-order chi connectivity index (χ0) is 19.3. The molecule has 3 atom stereocenters. The molecule has 0 N–H and O–H groups in total. The number of ether oxygens (including phenoxy) is 2. The molecule has 1 saturated carbocycles. The number of piperidine rings is 1. The Balaban J connectivity index is 1.85. The molecule has 0 spiro atoms. The van der Waals surface area contributed by atoms with Gasteiger partial charge in [0.15, 0.2) is 0 Å². The summed E-state index contributed by atoms with van der Waals surface area (Å²) in [7, 11) is 0. The third-order valence-electron chi connectivity index (χ3n) is 4.89. The number of rotatable bonds is 3. The molecule has 1 saturated heterocycles. The summed E-state index contributed by atoms with van der Waals surface area (Å²) in [6.45, 7) is 8.38. The van der Waals surface area contributed by atoms with Crippen LogP contribution in [0.1, 0.15) is 33.3 Å². The second kappa shape index (κ2) is 6.57. The molecule has 3 rings (SSSR count). The Morgan fingerprint density at radius 3 is 2.23 bits per heavy atom. The van der Waals surface area contributed by atoms with Crippen LogP contribution in [0.2, 0.25) is 10.3 Å². The molecule has 2 heterocycles. The number of carbonyl (C=O) groups is 2. The molecule has 142 valence electrons. The lowest BCUT2D eigenvalue weighted by atomic mass is 9.91. The standard InChI is InChI=1S/C18H22Cl2N2O4/c1-5-25-15(23)18(10-6-13(19)21-14(20)7-10)11-8-22(9-12(11)18)16(24)26-17(2,3)4/h6-7,11-12H,5,8-9H2,1-4H3/t11-,12+,18+. The SMILES string of the molecule is CCOC(=O)[C@@]1(c2cc(Cl)nc(Cl)c2)[C@@H]2CN(C(=O)OC(C)(C)C)C[C@@H]21. The summed E-state index contributed by atoms with van der Waals surface area (Å²) in [5, 5.41) is 0.454. The number of hydrogen-bond donors (Lipinski definition) is 0. The van der Waals surface area contributed by atoms with Crippen LogP contribution in [0.5, 0.6) is 0 Å². The lowest BCUT2D eigenvalue weighted by Crippen LogP contribution is -2.41. The van der Waals surface area contributed by atoms with E-state index in [1.807, 2.05) is 20.8 Å². The van der Waals surface area contributed by atoms with Crippen molar-refractivity contribution in [2.75, 3.05) is 19.7 Å². The van der Waals surface area contributed by atoms with Crippen LogP contribution in [0.15, 0.2) is 12.1 Å². The van der Waals surface area contributed by atoms with E-state index in [4.69, 9.17) is 32.7 Å². The third-order valence-corrected chi connectivity index (χ3v) is 5.27. The second-order valence-electron chi connectivity index (χ2n) is 7.69. The van der Waals surface area contributed by atoms with Crippen molar-refractivity contribution in [2.45, 2.75) is 38.7 Å². The minimum absolute atomic E-state index is 0.0522. The van der Waals surface area contributed by atoms with Gasteiger partial charge in [-0.1, -0.05) is 23.2 Å². The highest BCUT2D eigenvalue weighted by molar-refractivity contribution is 6.32. The Morgan fingerprint density at radius 1 is 1.23 bits per heavy atom. The summed E-state index contributed by atoms with van der Waals surface area (Å²) in [5.41, 5.74) is -0.696. The third kappa shape index (κ3) is 3.25. The summed E-state index contributed by atoms with van der Waals surface area (Å²) >= 11 is 12.1. The number of pyridine rings is 1. The van der Waals surface area contributed by atoms with Crippen molar-refractivity contribution in [1.29, 1.82) is 0 Å². The Bertz CT molecular complexity index is 715. The lowest BCUT2D eigenvalue weighted by Gasteiger charge is -2.28. The molecule has 2 aliphatic rings. The maximum atomic E-state index is 12.8. The van der Waals surface area contributed by atoms with Gasteiger partial charge in [-0.25, -0.2) is 9.78 Å². The Morgan fingerprint density at radius 2 is 1.77 bits per heavy atom. The van der Waals surface area contributed by atoms with Gasteiger partial charge in [0, 0.05) is 24.9 Å². The van der Waals surface area contributed by atoms with E-state index in [2.05, 4.69) is 4.98 Å². The van der Waals surface area contributed by atoms with Crippen LogP contribution < -0.4 is 0 Å². The number of hydrogen-bond acceptors (Lipinski definition) is 5. The number of halogens is 2. The molecule has 1 aromatic rings. The first-order valence-electron chi connectivity index (χ1n) is 8.58. The molecular weight excluding hydrogens is 379 g/mol. The summed E-state index contributed by atoms with van der Waals surface area (Å²) in [4.78, 5) is 30.7. The molecule has 8 heteroatoms. The van der Waals surface area contributed by atoms with E-state index < -0.39 is 11.0 Å². The average Bonchev–Trinajstić information content (AvgIpc) is 2.89. The highest BCUT2D eigenvalue weighted by Crippen LogP contribution is 2.64. The zero-order valence-electron chi connectivity index (χ0n) is 15.2. The van der Waals surface area contributed by atoms with Gasteiger partial charge < -0.3 is 14.4 Å². The van der Waals surface area contributed by atoms with E-state index >= 15 is 0 Å². The van der Waals surface area contributed by atoms with Crippen LogP contribution >= 0.6 is 23.2 Å². The Hall–Kier alpha value is -1.53. The van der Waals surface area contributed by atoms with Crippen molar-refractivity contribution in [3.8, 4) is 0 Å². The van der Waals surface area contributed by atoms with Gasteiger partial charge in [-0.3, -0.25) is 4.79 Å². The van der Waals surface area contributed by atoms with Gasteiger partial charge in [0.2, 0.25) is 0 Å². The van der Waals surface area contributed by atoms with Crippen LogP contribution in [0.25, 0.3) is 0 Å². The van der Waals surface area contributed by atoms with Crippen molar-refractivity contribution < 1.29 is 19.1 Å². The predicted octanol–water partition coefficient (Wildman–Crippen LogP) is 3.69. The van der Waals surface area contributed by atoms with Crippen molar-refractivity contribution in [1.82, 2.24) is 9.88 Å². The topological polar surface area (TPSA) is 68.7 Å². The van der Waals surface area contributed by atoms with Crippen molar-refractivity contribution >= 4 is 35.3 Å². The van der Waals surface area contributed by atoms with E-state index in [0.29, 0.717) is 18.7 Å². The number of fused-ring (bicyclic) bond motifs is 1. The number of aromatic nitrogens is 1.